The van der Waals surface area contributed by atoms with Gasteiger partial charge in [0.2, 0.25) is 21.8 Å². The van der Waals surface area contributed by atoms with Gasteiger partial charge >= 0.3 is 0 Å². The molecule has 2 amide bonds. The van der Waals surface area contributed by atoms with Gasteiger partial charge in [0.25, 0.3) is 0 Å². The average Bonchev–Trinajstić information content (AvgIpc) is 2.88. The van der Waals surface area contributed by atoms with Gasteiger partial charge in [-0.1, -0.05) is 68.1 Å². The van der Waals surface area contributed by atoms with E-state index in [1.54, 1.807) is 24.3 Å². The zero-order valence-electron chi connectivity index (χ0n) is 20.7. The van der Waals surface area contributed by atoms with Crippen LogP contribution in [-0.2, 0) is 26.0 Å². The monoisotopic (exact) mass is 558 g/mol. The van der Waals surface area contributed by atoms with Crippen LogP contribution in [0, 0.1) is 12.8 Å². The molecule has 8 nitrogen and oxygen atoms in total. The quantitative estimate of drug-likeness (QED) is 0.321. The maximum absolute atomic E-state index is 13.6. The Morgan fingerprint density at radius 3 is 2.21 bits per heavy atom. The number of aryl methyl sites for hydroxylation is 1. The number of carbonyl (C=O) groups is 2. The highest BCUT2D eigenvalue weighted by Crippen LogP contribution is 2.27. The second-order valence-electron chi connectivity index (χ2n) is 9.27. The lowest BCUT2D eigenvalue weighted by molar-refractivity contribution is -0.129. The summed E-state index contributed by atoms with van der Waals surface area (Å²) in [5, 5.41) is 7.39. The standard InChI is InChI=1S/C27H32N4O4S.CH4.H2S/c1-18-11-12-24(22-10-6-5-9-21(18)22)36(34,35)31-25(20-13-15-29-16-14-20)27(33)30-23(26(28)32)17-19-7-3-2-4-8-19;;/h2-12,20,23,25,29,31H,13-17H2,1H3,(H2,28,32)(H,30,33);1H4;1H2/t23-,25?;;/m0../s1. The minimum absolute atomic E-state index is 0. The molecule has 1 aliphatic heterocycles. The Hall–Kier alpha value is -2.92. The molecule has 1 heterocycles. The summed E-state index contributed by atoms with van der Waals surface area (Å²) in [7, 11) is -4.06. The van der Waals surface area contributed by atoms with E-state index in [4.69, 9.17) is 5.73 Å². The minimum atomic E-state index is -4.06. The van der Waals surface area contributed by atoms with Crippen LogP contribution in [-0.4, -0.2) is 45.4 Å². The Morgan fingerprint density at radius 1 is 0.974 bits per heavy atom. The molecule has 0 aliphatic carbocycles. The molecule has 206 valence electrons. The zero-order valence-corrected chi connectivity index (χ0v) is 22.6. The summed E-state index contributed by atoms with van der Waals surface area (Å²) < 4.78 is 29.9. The van der Waals surface area contributed by atoms with E-state index in [0.717, 1.165) is 16.5 Å². The van der Waals surface area contributed by atoms with E-state index in [0.29, 0.717) is 31.3 Å². The van der Waals surface area contributed by atoms with Gasteiger partial charge in [-0.25, -0.2) is 8.42 Å². The van der Waals surface area contributed by atoms with Crippen molar-refractivity contribution in [3.8, 4) is 0 Å². The molecular weight excluding hydrogens is 520 g/mol. The summed E-state index contributed by atoms with van der Waals surface area (Å²) in [5.74, 6) is -1.46. The number of benzene rings is 3. The zero-order chi connectivity index (χ0) is 25.7. The first kappa shape index (κ1) is 31.3. The maximum atomic E-state index is 13.6. The molecule has 10 heteroatoms. The third kappa shape index (κ3) is 7.35. The van der Waals surface area contributed by atoms with Crippen molar-refractivity contribution < 1.29 is 18.0 Å². The highest BCUT2D eigenvalue weighted by Gasteiger charge is 2.35. The molecule has 1 saturated heterocycles. The van der Waals surface area contributed by atoms with Crippen molar-refractivity contribution in [1.82, 2.24) is 15.4 Å². The first-order valence-corrected chi connectivity index (χ1v) is 13.6. The summed E-state index contributed by atoms with van der Waals surface area (Å²) in [6.07, 6.45) is 1.46. The molecule has 38 heavy (non-hydrogen) atoms. The van der Waals surface area contributed by atoms with E-state index in [2.05, 4.69) is 15.4 Å². The van der Waals surface area contributed by atoms with E-state index in [1.807, 2.05) is 49.4 Å². The molecular formula is C28H38N4O4S2. The molecule has 0 saturated carbocycles. The number of sulfonamides is 1. The SMILES string of the molecule is C.Cc1ccc(S(=O)(=O)NC(C(=O)N[C@@H](Cc2ccccc2)C(N)=O)C2CCNCC2)c2ccccc12.S. The number of nitrogens with two attached hydrogens (primary N) is 1. The van der Waals surface area contributed by atoms with E-state index >= 15 is 0 Å². The van der Waals surface area contributed by atoms with E-state index in [1.165, 1.54) is 0 Å². The first-order valence-electron chi connectivity index (χ1n) is 12.1. The Balaban J connectivity index is 0.00000253. The molecule has 1 fully saturated rings. The fraction of sp³-hybridized carbons (Fsp3) is 0.357. The number of rotatable bonds is 9. The van der Waals surface area contributed by atoms with Crippen molar-refractivity contribution in [2.45, 2.75) is 50.6 Å². The van der Waals surface area contributed by atoms with E-state index in [9.17, 15) is 18.0 Å². The van der Waals surface area contributed by atoms with Gasteiger partial charge in [-0.2, -0.15) is 18.2 Å². The van der Waals surface area contributed by atoms with Crippen LogP contribution in [0.2, 0.25) is 0 Å². The average molecular weight is 559 g/mol. The van der Waals surface area contributed by atoms with Gasteiger partial charge in [-0.05, 0) is 61.4 Å². The van der Waals surface area contributed by atoms with Crippen LogP contribution >= 0.6 is 13.5 Å². The Bertz CT molecular complexity index is 1340. The van der Waals surface area contributed by atoms with Gasteiger partial charge in [-0.15, -0.1) is 0 Å². The molecule has 2 atom stereocenters. The second kappa shape index (κ2) is 13.7. The number of nitrogens with one attached hydrogen (secondary N) is 3. The number of primary amides is 1. The van der Waals surface area contributed by atoms with Crippen molar-refractivity contribution >= 4 is 46.1 Å². The van der Waals surface area contributed by atoms with Crippen LogP contribution < -0.4 is 21.1 Å². The van der Waals surface area contributed by atoms with Gasteiger partial charge in [0.05, 0.1) is 4.90 Å². The molecule has 0 radical (unpaired) electrons. The molecule has 3 aromatic rings. The lowest BCUT2D eigenvalue weighted by Crippen LogP contribution is -2.57. The second-order valence-corrected chi connectivity index (χ2v) is 10.9. The van der Waals surface area contributed by atoms with Crippen molar-refractivity contribution in [3.05, 3.63) is 77.9 Å². The fourth-order valence-electron chi connectivity index (χ4n) is 4.76. The van der Waals surface area contributed by atoms with Crippen molar-refractivity contribution in [3.63, 3.8) is 0 Å². The maximum Gasteiger partial charge on any atom is 0.241 e. The number of fused-ring (bicyclic) bond motifs is 1. The number of hydrogen-bond donors (Lipinski definition) is 4. The summed E-state index contributed by atoms with van der Waals surface area (Å²) in [4.78, 5) is 25.8. The molecule has 3 aromatic carbocycles. The van der Waals surface area contributed by atoms with E-state index in [-0.39, 0.29) is 38.2 Å². The summed E-state index contributed by atoms with van der Waals surface area (Å²) in [6.45, 7) is 3.27. The lowest BCUT2D eigenvalue weighted by Gasteiger charge is -2.31. The smallest absolute Gasteiger partial charge is 0.241 e. The third-order valence-corrected chi connectivity index (χ3v) is 8.25. The van der Waals surface area contributed by atoms with Crippen LogP contribution in [0.15, 0.2) is 71.6 Å². The number of piperidine rings is 1. The summed E-state index contributed by atoms with van der Waals surface area (Å²) >= 11 is 0. The molecule has 1 aliphatic rings. The predicted molar refractivity (Wildman–Crippen MR) is 157 cm³/mol. The Kier molecular flexibility index (Phi) is 11.3. The van der Waals surface area contributed by atoms with Crippen LogP contribution in [0.1, 0.15) is 31.4 Å². The van der Waals surface area contributed by atoms with Gasteiger partial charge in [0.15, 0.2) is 0 Å². The topological polar surface area (TPSA) is 130 Å². The summed E-state index contributed by atoms with van der Waals surface area (Å²) in [5.41, 5.74) is 7.40. The Morgan fingerprint density at radius 2 is 1.58 bits per heavy atom. The van der Waals surface area contributed by atoms with E-state index < -0.39 is 33.9 Å². The van der Waals surface area contributed by atoms with Crippen LogP contribution in [0.3, 0.4) is 0 Å². The molecule has 0 bridgehead atoms. The third-order valence-electron chi connectivity index (χ3n) is 6.75. The molecule has 5 N–H and O–H groups in total. The summed E-state index contributed by atoms with van der Waals surface area (Å²) in [6, 6.07) is 17.8. The van der Waals surface area contributed by atoms with Gasteiger partial charge < -0.3 is 16.4 Å². The number of hydrogen-bond acceptors (Lipinski definition) is 5. The molecule has 0 aromatic heterocycles. The number of carbonyl (C=O) groups excluding carboxylic acids is 2. The lowest BCUT2D eigenvalue weighted by atomic mass is 9.90. The molecule has 1 unspecified atom stereocenters. The highest BCUT2D eigenvalue weighted by atomic mass is 32.2. The van der Waals surface area contributed by atoms with Crippen LogP contribution in [0.4, 0.5) is 0 Å². The molecule has 0 spiro atoms. The molecule has 4 rings (SSSR count). The van der Waals surface area contributed by atoms with Gasteiger partial charge in [0.1, 0.15) is 12.1 Å². The fourth-order valence-corrected chi connectivity index (χ4v) is 6.24. The normalized spacial score (nSPS) is 15.5. The predicted octanol–water partition coefficient (Wildman–Crippen LogP) is 2.76. The minimum Gasteiger partial charge on any atom is -0.368 e. The van der Waals surface area contributed by atoms with Crippen molar-refractivity contribution in [2.24, 2.45) is 11.7 Å². The van der Waals surface area contributed by atoms with Crippen LogP contribution in [0.5, 0.6) is 0 Å². The largest absolute Gasteiger partial charge is 0.368 e. The Labute approximate surface area is 232 Å². The van der Waals surface area contributed by atoms with Crippen molar-refractivity contribution in [1.29, 1.82) is 0 Å². The van der Waals surface area contributed by atoms with Crippen LogP contribution in [0.25, 0.3) is 10.8 Å². The van der Waals surface area contributed by atoms with Crippen molar-refractivity contribution in [2.75, 3.05) is 13.1 Å². The highest BCUT2D eigenvalue weighted by molar-refractivity contribution is 7.89. The first-order chi connectivity index (χ1) is 17.3. The van der Waals surface area contributed by atoms with Gasteiger partial charge in [0, 0.05) is 11.8 Å². The number of amides is 2. The van der Waals surface area contributed by atoms with Gasteiger partial charge in [-0.3, -0.25) is 9.59 Å².